The molecule has 194 valence electrons. The molecule has 0 spiro atoms. The van der Waals surface area contributed by atoms with Crippen LogP contribution in [0.15, 0.2) is 0 Å². The quantitative estimate of drug-likeness (QED) is 0.531. The number of hydrogen-bond acceptors (Lipinski definition) is 6. The molecular weight excluding hydrogens is 436 g/mol. The van der Waals surface area contributed by atoms with Crippen molar-refractivity contribution in [3.63, 3.8) is 0 Å². The van der Waals surface area contributed by atoms with Gasteiger partial charge in [0.2, 0.25) is 17.7 Å². The van der Waals surface area contributed by atoms with Gasteiger partial charge in [-0.25, -0.2) is 0 Å². The van der Waals surface area contributed by atoms with E-state index in [1.54, 1.807) is 41.9 Å². The SMILES string of the molecule is CN(C)C(=O)[C@H](CC(=O)OC(C)(C)C)N(C)C(=O)[C@H](C1CCCC1)N(C)C(=O)C1(N)CCCC1. The molecule has 2 N–H and O–H groups in total. The molecule has 0 radical (unpaired) electrons. The molecule has 34 heavy (non-hydrogen) atoms. The number of likely N-dealkylation sites (N-methyl/N-ethyl adjacent to an activating group) is 3. The fourth-order valence-corrected chi connectivity index (χ4v) is 5.25. The highest BCUT2D eigenvalue weighted by molar-refractivity contribution is 5.95. The topological polar surface area (TPSA) is 113 Å². The van der Waals surface area contributed by atoms with Gasteiger partial charge in [0.15, 0.2) is 0 Å². The molecule has 0 heterocycles. The van der Waals surface area contributed by atoms with Crippen LogP contribution in [0, 0.1) is 5.92 Å². The molecule has 0 aromatic heterocycles. The Kier molecular flexibility index (Phi) is 9.13. The smallest absolute Gasteiger partial charge is 0.308 e. The van der Waals surface area contributed by atoms with Gasteiger partial charge < -0.3 is 25.2 Å². The summed E-state index contributed by atoms with van der Waals surface area (Å²) in [5.74, 6) is -1.49. The molecule has 9 nitrogen and oxygen atoms in total. The van der Waals surface area contributed by atoms with Crippen molar-refractivity contribution in [1.29, 1.82) is 0 Å². The van der Waals surface area contributed by atoms with Crippen molar-refractivity contribution in [2.24, 2.45) is 11.7 Å². The number of carbonyl (C=O) groups is 4. The Labute approximate surface area is 204 Å². The second-order valence-corrected chi connectivity index (χ2v) is 11.3. The van der Waals surface area contributed by atoms with E-state index >= 15 is 0 Å². The lowest BCUT2D eigenvalue weighted by molar-refractivity contribution is -0.161. The Morgan fingerprint density at radius 3 is 1.91 bits per heavy atom. The van der Waals surface area contributed by atoms with E-state index in [4.69, 9.17) is 10.5 Å². The number of amides is 3. The van der Waals surface area contributed by atoms with Crippen LogP contribution in [0.25, 0.3) is 0 Å². The van der Waals surface area contributed by atoms with E-state index in [2.05, 4.69) is 0 Å². The van der Waals surface area contributed by atoms with Crippen LogP contribution in [0.1, 0.15) is 78.6 Å². The second-order valence-electron chi connectivity index (χ2n) is 11.3. The maximum absolute atomic E-state index is 13.9. The summed E-state index contributed by atoms with van der Waals surface area (Å²) < 4.78 is 5.43. The molecular formula is C25H44N4O5. The van der Waals surface area contributed by atoms with E-state index < -0.39 is 29.2 Å². The van der Waals surface area contributed by atoms with Crippen molar-refractivity contribution < 1.29 is 23.9 Å². The predicted molar refractivity (Wildman–Crippen MR) is 130 cm³/mol. The Bertz CT molecular complexity index is 764. The highest BCUT2D eigenvalue weighted by Gasteiger charge is 2.46. The fraction of sp³-hybridized carbons (Fsp3) is 0.840. The summed E-state index contributed by atoms with van der Waals surface area (Å²) in [6, 6.07) is -1.75. The Hall–Kier alpha value is -2.16. The van der Waals surface area contributed by atoms with Crippen LogP contribution in [0.2, 0.25) is 0 Å². The molecule has 0 aromatic rings. The Morgan fingerprint density at radius 1 is 0.912 bits per heavy atom. The minimum atomic E-state index is -1.02. The van der Waals surface area contributed by atoms with E-state index in [0.29, 0.717) is 12.8 Å². The first-order chi connectivity index (χ1) is 15.7. The zero-order valence-electron chi connectivity index (χ0n) is 22.1. The molecule has 9 heteroatoms. The molecule has 0 unspecified atom stereocenters. The molecule has 2 atom stereocenters. The van der Waals surface area contributed by atoms with Crippen molar-refractivity contribution in [1.82, 2.24) is 14.7 Å². The van der Waals surface area contributed by atoms with E-state index in [9.17, 15) is 19.2 Å². The van der Waals surface area contributed by atoms with Gasteiger partial charge in [0.1, 0.15) is 17.7 Å². The Morgan fingerprint density at radius 2 is 1.44 bits per heavy atom. The molecule has 2 rings (SSSR count). The van der Waals surface area contributed by atoms with E-state index in [1.807, 2.05) is 0 Å². The first-order valence-corrected chi connectivity index (χ1v) is 12.4. The van der Waals surface area contributed by atoms with Crippen LogP contribution in [-0.4, -0.2) is 89.8 Å². The minimum Gasteiger partial charge on any atom is -0.460 e. The molecule has 3 amide bonds. The zero-order valence-corrected chi connectivity index (χ0v) is 22.1. The number of rotatable bonds is 8. The number of ether oxygens (including phenoxy) is 1. The molecule has 2 aliphatic carbocycles. The van der Waals surface area contributed by atoms with Gasteiger partial charge >= 0.3 is 5.97 Å². The highest BCUT2D eigenvalue weighted by atomic mass is 16.6. The molecule has 0 bridgehead atoms. The van der Waals surface area contributed by atoms with Gasteiger partial charge in [0, 0.05) is 28.2 Å². The summed E-state index contributed by atoms with van der Waals surface area (Å²) in [4.78, 5) is 57.2. The number of esters is 1. The van der Waals surface area contributed by atoms with Crippen LogP contribution >= 0.6 is 0 Å². The minimum absolute atomic E-state index is 0.00876. The largest absolute Gasteiger partial charge is 0.460 e. The van der Waals surface area contributed by atoms with E-state index in [1.165, 1.54) is 21.7 Å². The molecule has 0 saturated heterocycles. The van der Waals surface area contributed by atoms with Crippen LogP contribution in [0.3, 0.4) is 0 Å². The van der Waals surface area contributed by atoms with Gasteiger partial charge in [-0.2, -0.15) is 0 Å². The van der Waals surface area contributed by atoms with Gasteiger partial charge in [-0.15, -0.1) is 0 Å². The summed E-state index contributed by atoms with van der Waals surface area (Å²) in [6.07, 6.45) is 6.40. The third-order valence-electron chi connectivity index (χ3n) is 7.08. The maximum atomic E-state index is 13.9. The van der Waals surface area contributed by atoms with Crippen molar-refractivity contribution in [3.05, 3.63) is 0 Å². The van der Waals surface area contributed by atoms with Gasteiger partial charge in [-0.3, -0.25) is 19.2 Å². The highest BCUT2D eigenvalue weighted by Crippen LogP contribution is 2.34. The number of nitrogens with zero attached hydrogens (tertiary/aromatic N) is 3. The third-order valence-corrected chi connectivity index (χ3v) is 7.08. The van der Waals surface area contributed by atoms with Crippen molar-refractivity contribution in [2.45, 2.75) is 102 Å². The first kappa shape index (κ1) is 28.1. The summed E-state index contributed by atoms with van der Waals surface area (Å²) in [7, 11) is 6.36. The normalized spacial score (nSPS) is 19.9. The van der Waals surface area contributed by atoms with Crippen LogP contribution in [-0.2, 0) is 23.9 Å². The lowest BCUT2D eigenvalue weighted by Gasteiger charge is -2.40. The molecule has 2 fully saturated rings. The molecule has 0 aliphatic heterocycles. The molecule has 0 aromatic carbocycles. The van der Waals surface area contributed by atoms with Crippen molar-refractivity contribution >= 4 is 23.7 Å². The van der Waals surface area contributed by atoms with Crippen LogP contribution in [0.5, 0.6) is 0 Å². The van der Waals surface area contributed by atoms with Gasteiger partial charge in [0.25, 0.3) is 0 Å². The van der Waals surface area contributed by atoms with Crippen LogP contribution in [0.4, 0.5) is 0 Å². The van der Waals surface area contributed by atoms with Gasteiger partial charge in [-0.05, 0) is 52.4 Å². The summed E-state index contributed by atoms with van der Waals surface area (Å²) in [5.41, 5.74) is 4.80. The van der Waals surface area contributed by atoms with Crippen molar-refractivity contribution in [2.75, 3.05) is 28.2 Å². The first-order valence-electron chi connectivity index (χ1n) is 12.4. The maximum Gasteiger partial charge on any atom is 0.308 e. The lowest BCUT2D eigenvalue weighted by atomic mass is 9.91. The zero-order chi connectivity index (χ0) is 25.8. The van der Waals surface area contributed by atoms with E-state index in [-0.39, 0.29) is 30.1 Å². The second kappa shape index (κ2) is 11.1. The van der Waals surface area contributed by atoms with Gasteiger partial charge in [0.05, 0.1) is 12.0 Å². The monoisotopic (exact) mass is 480 g/mol. The van der Waals surface area contributed by atoms with Crippen LogP contribution < -0.4 is 5.73 Å². The third kappa shape index (κ3) is 6.71. The predicted octanol–water partition coefficient (Wildman–Crippen LogP) is 1.92. The number of carbonyl (C=O) groups excluding carboxylic acids is 4. The van der Waals surface area contributed by atoms with Gasteiger partial charge in [-0.1, -0.05) is 25.7 Å². The summed E-state index contributed by atoms with van der Waals surface area (Å²) >= 11 is 0. The molecule has 2 saturated carbocycles. The van der Waals surface area contributed by atoms with Crippen molar-refractivity contribution in [3.8, 4) is 0 Å². The van der Waals surface area contributed by atoms with E-state index in [0.717, 1.165) is 38.5 Å². The number of hydrogen-bond donors (Lipinski definition) is 1. The standard InChI is InChI=1S/C25H44N4O5/c1-24(2,3)34-19(30)16-18(21(31)27(4)5)28(6)22(32)20(17-12-8-9-13-17)29(7)23(33)25(26)14-10-11-15-25/h17-18,20H,8-16,26H2,1-7H3/t18-,20-/m0/s1. The fourth-order valence-electron chi connectivity index (χ4n) is 5.25. The average molecular weight is 481 g/mol. The summed E-state index contributed by atoms with van der Waals surface area (Å²) in [5, 5.41) is 0. The average Bonchev–Trinajstić information content (AvgIpc) is 3.41. The Balaban J connectivity index is 2.33. The number of nitrogens with two attached hydrogens (primary N) is 1. The summed E-state index contributed by atoms with van der Waals surface area (Å²) in [6.45, 7) is 5.26. The molecule has 2 aliphatic rings. The lowest BCUT2D eigenvalue weighted by Crippen LogP contribution is -2.61.